The van der Waals surface area contributed by atoms with Crippen molar-refractivity contribution in [3.63, 3.8) is 0 Å². The largest absolute Gasteiger partial charge is 0.383 e. The molecule has 0 unspecified atom stereocenters. The van der Waals surface area contributed by atoms with Crippen LogP contribution in [0.5, 0.6) is 0 Å². The first-order valence-electron chi connectivity index (χ1n) is 10.4. The number of benzene rings is 2. The summed E-state index contributed by atoms with van der Waals surface area (Å²) < 4.78 is 20.3. The van der Waals surface area contributed by atoms with Gasteiger partial charge in [-0.05, 0) is 30.2 Å². The molecule has 166 valence electrons. The molecule has 0 bridgehead atoms. The number of nitrogens with one attached hydrogen (secondary N) is 1. The molecule has 4 rings (SSSR count). The molecular formula is C23H24FN5O2S. The van der Waals surface area contributed by atoms with E-state index in [9.17, 15) is 9.18 Å². The minimum Gasteiger partial charge on any atom is -0.383 e. The number of thioether (sulfide) groups is 1. The van der Waals surface area contributed by atoms with Gasteiger partial charge < -0.3 is 14.6 Å². The van der Waals surface area contributed by atoms with Crippen LogP contribution >= 0.6 is 11.8 Å². The highest BCUT2D eigenvalue weighted by molar-refractivity contribution is 7.99. The molecule has 2 aromatic heterocycles. The Balaban J connectivity index is 1.50. The van der Waals surface area contributed by atoms with Crippen molar-refractivity contribution in [3.8, 4) is 0 Å². The average molecular weight is 454 g/mol. The summed E-state index contributed by atoms with van der Waals surface area (Å²) in [5.74, 6) is 0.464. The van der Waals surface area contributed by atoms with Gasteiger partial charge in [-0.1, -0.05) is 42.1 Å². The summed E-state index contributed by atoms with van der Waals surface area (Å²) in [7, 11) is 1.60. The van der Waals surface area contributed by atoms with Crippen molar-refractivity contribution in [2.75, 3.05) is 26.0 Å². The Bertz CT molecular complexity index is 1210. The van der Waals surface area contributed by atoms with Crippen molar-refractivity contribution in [3.05, 3.63) is 59.9 Å². The number of aromatic nitrogens is 4. The molecule has 0 atom stereocenters. The van der Waals surface area contributed by atoms with Gasteiger partial charge in [0.1, 0.15) is 11.3 Å². The number of fused-ring (bicyclic) bond motifs is 3. The number of ether oxygens (including phenoxy) is 1. The predicted molar refractivity (Wildman–Crippen MR) is 123 cm³/mol. The number of amides is 1. The number of carbonyl (C=O) groups is 1. The van der Waals surface area contributed by atoms with Gasteiger partial charge in [0.15, 0.2) is 5.65 Å². The zero-order valence-electron chi connectivity index (χ0n) is 17.8. The summed E-state index contributed by atoms with van der Waals surface area (Å²) in [5.41, 5.74) is 3.46. The van der Waals surface area contributed by atoms with E-state index in [4.69, 9.17) is 9.72 Å². The standard InChI is InChI=1S/C23H24FN5O2S/c1-31-13-12-25-20(30)7-4-14-32-23-26-22-21(27-28-23)18-5-2-3-6-19(18)29(22)15-16-8-10-17(24)11-9-16/h2-3,5-6,8-11H,4,7,12-15H2,1H3,(H,25,30). The van der Waals surface area contributed by atoms with Crippen LogP contribution in [-0.4, -0.2) is 51.7 Å². The smallest absolute Gasteiger partial charge is 0.220 e. The third-order valence-electron chi connectivity index (χ3n) is 5.02. The van der Waals surface area contributed by atoms with E-state index in [2.05, 4.69) is 20.1 Å². The average Bonchev–Trinajstić information content (AvgIpc) is 3.11. The third-order valence-corrected chi connectivity index (χ3v) is 5.94. The maximum Gasteiger partial charge on any atom is 0.220 e. The Labute approximate surface area is 189 Å². The second-order valence-corrected chi connectivity index (χ2v) is 8.35. The van der Waals surface area contributed by atoms with Gasteiger partial charge in [-0.25, -0.2) is 9.37 Å². The summed E-state index contributed by atoms with van der Waals surface area (Å²) in [5, 5.41) is 13.1. The molecule has 2 aromatic carbocycles. The molecule has 0 saturated heterocycles. The van der Waals surface area contributed by atoms with Crippen molar-refractivity contribution in [1.82, 2.24) is 25.1 Å². The molecule has 1 amide bonds. The second kappa shape index (κ2) is 10.5. The second-order valence-electron chi connectivity index (χ2n) is 7.29. The van der Waals surface area contributed by atoms with Crippen LogP contribution in [0.15, 0.2) is 53.7 Å². The fourth-order valence-electron chi connectivity index (χ4n) is 3.46. The molecule has 32 heavy (non-hydrogen) atoms. The Morgan fingerprint density at radius 1 is 1.16 bits per heavy atom. The van der Waals surface area contributed by atoms with Crippen LogP contribution in [0.3, 0.4) is 0 Å². The van der Waals surface area contributed by atoms with Gasteiger partial charge >= 0.3 is 0 Å². The Morgan fingerprint density at radius 2 is 1.97 bits per heavy atom. The van der Waals surface area contributed by atoms with Crippen LogP contribution in [0.25, 0.3) is 22.1 Å². The van der Waals surface area contributed by atoms with E-state index >= 15 is 0 Å². The number of rotatable bonds is 10. The molecule has 0 aliphatic heterocycles. The number of halogens is 1. The van der Waals surface area contributed by atoms with E-state index in [-0.39, 0.29) is 11.7 Å². The molecule has 1 N–H and O–H groups in total. The van der Waals surface area contributed by atoms with Gasteiger partial charge in [0.2, 0.25) is 11.1 Å². The summed E-state index contributed by atoms with van der Waals surface area (Å²) in [6.07, 6.45) is 1.15. The number of nitrogens with zero attached hydrogens (tertiary/aromatic N) is 4. The van der Waals surface area contributed by atoms with Crippen molar-refractivity contribution in [2.24, 2.45) is 0 Å². The minimum atomic E-state index is -0.258. The molecule has 9 heteroatoms. The molecule has 0 saturated carbocycles. The van der Waals surface area contributed by atoms with Gasteiger partial charge in [-0.2, -0.15) is 0 Å². The molecule has 4 aromatic rings. The Kier molecular flexibility index (Phi) is 7.28. The first-order valence-corrected chi connectivity index (χ1v) is 11.4. The van der Waals surface area contributed by atoms with E-state index in [0.717, 1.165) is 27.6 Å². The Morgan fingerprint density at radius 3 is 2.78 bits per heavy atom. The van der Waals surface area contributed by atoms with Gasteiger partial charge in [0.05, 0.1) is 12.1 Å². The van der Waals surface area contributed by atoms with Gasteiger partial charge in [-0.15, -0.1) is 10.2 Å². The monoisotopic (exact) mass is 453 g/mol. The molecule has 0 radical (unpaired) electrons. The van der Waals surface area contributed by atoms with E-state index in [1.165, 1.54) is 23.9 Å². The molecule has 2 heterocycles. The van der Waals surface area contributed by atoms with Gasteiger partial charge in [0, 0.05) is 37.8 Å². The van der Waals surface area contributed by atoms with Crippen LogP contribution in [0.1, 0.15) is 18.4 Å². The summed E-state index contributed by atoms with van der Waals surface area (Å²) in [4.78, 5) is 16.6. The van der Waals surface area contributed by atoms with E-state index in [1.54, 1.807) is 19.2 Å². The molecular weight excluding hydrogens is 429 g/mol. The highest BCUT2D eigenvalue weighted by Crippen LogP contribution is 2.28. The molecule has 0 fully saturated rings. The van der Waals surface area contributed by atoms with Crippen molar-refractivity contribution in [1.29, 1.82) is 0 Å². The number of para-hydroxylation sites is 1. The van der Waals surface area contributed by atoms with Crippen molar-refractivity contribution in [2.45, 2.75) is 24.5 Å². The number of hydrogen-bond acceptors (Lipinski definition) is 6. The summed E-state index contributed by atoms with van der Waals surface area (Å²) in [6.45, 7) is 1.57. The highest BCUT2D eigenvalue weighted by atomic mass is 32.2. The number of hydrogen-bond donors (Lipinski definition) is 1. The van der Waals surface area contributed by atoms with E-state index in [0.29, 0.717) is 43.4 Å². The van der Waals surface area contributed by atoms with Crippen molar-refractivity contribution < 1.29 is 13.9 Å². The van der Waals surface area contributed by atoms with Crippen LogP contribution in [0, 0.1) is 5.82 Å². The first kappa shape index (κ1) is 22.2. The highest BCUT2D eigenvalue weighted by Gasteiger charge is 2.15. The fourth-order valence-corrected chi connectivity index (χ4v) is 4.18. The van der Waals surface area contributed by atoms with E-state index in [1.807, 2.05) is 24.3 Å². The lowest BCUT2D eigenvalue weighted by molar-refractivity contribution is -0.121. The predicted octanol–water partition coefficient (Wildman–Crippen LogP) is 3.80. The van der Waals surface area contributed by atoms with Crippen LogP contribution in [0.4, 0.5) is 4.39 Å². The fraction of sp³-hybridized carbons (Fsp3) is 0.304. The van der Waals surface area contributed by atoms with Crippen LogP contribution < -0.4 is 5.32 Å². The third kappa shape index (κ3) is 5.23. The molecule has 0 aliphatic rings. The number of carbonyl (C=O) groups excluding carboxylic acids is 1. The summed E-state index contributed by atoms with van der Waals surface area (Å²) in [6, 6.07) is 14.4. The quantitative estimate of drug-likeness (QED) is 0.291. The molecule has 7 nitrogen and oxygen atoms in total. The Hall–Kier alpha value is -3.04. The minimum absolute atomic E-state index is 0.0107. The lowest BCUT2D eigenvalue weighted by atomic mass is 10.2. The molecule has 0 spiro atoms. The van der Waals surface area contributed by atoms with Gasteiger partial charge in [0.25, 0.3) is 0 Å². The lowest BCUT2D eigenvalue weighted by Gasteiger charge is -2.07. The maximum atomic E-state index is 13.3. The van der Waals surface area contributed by atoms with Crippen LogP contribution in [-0.2, 0) is 16.1 Å². The normalized spacial score (nSPS) is 11.3. The number of methoxy groups -OCH3 is 1. The zero-order chi connectivity index (χ0) is 22.3. The topological polar surface area (TPSA) is 81.9 Å². The van der Waals surface area contributed by atoms with Crippen molar-refractivity contribution >= 4 is 39.7 Å². The maximum absolute atomic E-state index is 13.3. The first-order chi connectivity index (χ1) is 15.7. The van der Waals surface area contributed by atoms with Gasteiger partial charge in [-0.3, -0.25) is 4.79 Å². The SMILES string of the molecule is COCCNC(=O)CCCSc1nnc2c3ccccc3n(Cc3ccc(F)cc3)c2n1. The molecule has 0 aliphatic carbocycles. The van der Waals surface area contributed by atoms with E-state index < -0.39 is 0 Å². The van der Waals surface area contributed by atoms with Crippen LogP contribution in [0.2, 0.25) is 0 Å². The zero-order valence-corrected chi connectivity index (χ0v) is 18.6. The lowest BCUT2D eigenvalue weighted by Crippen LogP contribution is -2.26. The summed E-state index contributed by atoms with van der Waals surface area (Å²) >= 11 is 1.48.